The number of fused-ring (bicyclic) bond motifs is 1. The van der Waals surface area contributed by atoms with Crippen LogP contribution in [0.25, 0.3) is 5.76 Å². The lowest BCUT2D eigenvalue weighted by Gasteiger charge is -2.18. The van der Waals surface area contributed by atoms with E-state index in [1.54, 1.807) is 24.3 Å². The first kappa shape index (κ1) is 19.6. The molecule has 0 heterocycles. The van der Waals surface area contributed by atoms with Crippen molar-refractivity contribution in [3.8, 4) is 0 Å². The van der Waals surface area contributed by atoms with Crippen molar-refractivity contribution in [2.24, 2.45) is 0 Å². The Bertz CT molecular complexity index is 929. The van der Waals surface area contributed by atoms with Gasteiger partial charge in [-0.2, -0.15) is 0 Å². The number of aryl methyl sites for hydroxylation is 1. The number of Topliss-reactive ketones (excluding diaryl/α,β-unsaturated/α-hetero) is 2. The number of ketones is 2. The predicted octanol–water partition coefficient (Wildman–Crippen LogP) is 6.18. The molecule has 3 nitrogen and oxygen atoms in total. The highest BCUT2D eigenvalue weighted by Crippen LogP contribution is 2.32. The molecule has 1 N–H and O–H groups in total. The summed E-state index contributed by atoms with van der Waals surface area (Å²) in [4.78, 5) is 24.7. The number of rotatable bonds is 5. The van der Waals surface area contributed by atoms with E-state index < -0.39 is 11.6 Å². The zero-order valence-corrected chi connectivity index (χ0v) is 16.8. The van der Waals surface area contributed by atoms with Crippen molar-refractivity contribution in [3.63, 3.8) is 0 Å². The molecule has 29 heavy (non-hydrogen) atoms. The van der Waals surface area contributed by atoms with Gasteiger partial charge in [0, 0.05) is 16.7 Å². The first-order valence-corrected chi connectivity index (χ1v) is 10.8. The van der Waals surface area contributed by atoms with E-state index in [4.69, 9.17) is 0 Å². The number of aliphatic hydroxyl groups excluding tert-OH is 1. The molecule has 0 radical (unpaired) electrons. The minimum absolute atomic E-state index is 0.0334. The lowest BCUT2D eigenvalue weighted by molar-refractivity contribution is -0.112. The molecule has 2 aromatic carbocycles. The minimum Gasteiger partial charge on any atom is -0.507 e. The molecule has 0 aromatic heterocycles. The monoisotopic (exact) mass is 388 g/mol. The smallest absolute Gasteiger partial charge is 0.234 e. The van der Waals surface area contributed by atoms with Crippen molar-refractivity contribution in [1.29, 1.82) is 0 Å². The van der Waals surface area contributed by atoms with Gasteiger partial charge in [0.15, 0.2) is 0 Å². The lowest BCUT2D eigenvalue weighted by atomic mass is 9.86. The van der Waals surface area contributed by atoms with Gasteiger partial charge in [-0.05, 0) is 49.1 Å². The maximum absolute atomic E-state index is 12.4. The summed E-state index contributed by atoms with van der Waals surface area (Å²) < 4.78 is 0. The summed E-state index contributed by atoms with van der Waals surface area (Å²) in [6.07, 6.45) is 9.95. The van der Waals surface area contributed by atoms with Gasteiger partial charge in [-0.3, -0.25) is 9.59 Å². The van der Waals surface area contributed by atoms with Gasteiger partial charge in [-0.15, -0.1) is 0 Å². The van der Waals surface area contributed by atoms with Crippen LogP contribution in [0.2, 0.25) is 0 Å². The Balaban J connectivity index is 1.40. The largest absolute Gasteiger partial charge is 0.507 e. The summed E-state index contributed by atoms with van der Waals surface area (Å²) in [5.74, 6) is -0.417. The fourth-order valence-electron chi connectivity index (χ4n) is 4.69. The summed E-state index contributed by atoms with van der Waals surface area (Å²) in [5.41, 5.74) is 3.70. The highest BCUT2D eigenvalue weighted by Gasteiger charge is 2.31. The molecule has 2 aromatic rings. The lowest BCUT2D eigenvalue weighted by Crippen LogP contribution is -2.24. The van der Waals surface area contributed by atoms with Gasteiger partial charge in [-0.1, -0.05) is 74.2 Å². The van der Waals surface area contributed by atoms with Crippen LogP contribution in [0, 0.1) is 0 Å². The van der Waals surface area contributed by atoms with Crippen LogP contribution >= 0.6 is 0 Å². The number of allylic oxidation sites excluding steroid dienone is 1. The van der Waals surface area contributed by atoms with E-state index in [-0.39, 0.29) is 11.3 Å². The van der Waals surface area contributed by atoms with Crippen molar-refractivity contribution >= 4 is 17.3 Å². The zero-order valence-electron chi connectivity index (χ0n) is 16.8. The Labute approximate surface area is 172 Å². The number of benzene rings is 2. The van der Waals surface area contributed by atoms with Gasteiger partial charge in [0.2, 0.25) is 11.6 Å². The molecular formula is C26H28O3. The van der Waals surface area contributed by atoms with Gasteiger partial charge >= 0.3 is 0 Å². The molecule has 4 rings (SSSR count). The van der Waals surface area contributed by atoms with E-state index in [0.29, 0.717) is 23.5 Å². The fraction of sp³-hybridized carbons (Fsp3) is 0.385. The standard InChI is InChI=1S/C26H28O3/c27-24-21-11-5-6-12-22(21)25(28)26(29)23(24)13-7-8-18-14-16-20(17-15-18)19-9-3-1-2-4-10-19/h5-6,11-12,14-17,19,27H,1-4,7-10,13H2. The second-order valence-corrected chi connectivity index (χ2v) is 8.31. The van der Waals surface area contributed by atoms with Crippen LogP contribution < -0.4 is 0 Å². The molecule has 1 fully saturated rings. The minimum atomic E-state index is -0.565. The summed E-state index contributed by atoms with van der Waals surface area (Å²) in [6.45, 7) is 0. The van der Waals surface area contributed by atoms with Crippen LogP contribution in [0.3, 0.4) is 0 Å². The van der Waals surface area contributed by atoms with Gasteiger partial charge in [-0.25, -0.2) is 0 Å². The Kier molecular flexibility index (Phi) is 5.94. The van der Waals surface area contributed by atoms with E-state index in [2.05, 4.69) is 24.3 Å². The van der Waals surface area contributed by atoms with Crippen LogP contribution in [0.4, 0.5) is 0 Å². The SMILES string of the molecule is O=C1C(=O)c2ccccc2C(O)=C1CCCc1ccc(C2CCCCCC2)cc1. The average molecular weight is 389 g/mol. The van der Waals surface area contributed by atoms with Crippen LogP contribution in [-0.2, 0) is 11.2 Å². The van der Waals surface area contributed by atoms with Crippen LogP contribution in [0.15, 0.2) is 54.1 Å². The van der Waals surface area contributed by atoms with Crippen molar-refractivity contribution in [2.75, 3.05) is 0 Å². The first-order valence-electron chi connectivity index (χ1n) is 10.8. The number of carbonyl (C=O) groups excluding carboxylic acids is 2. The summed E-state index contributed by atoms with van der Waals surface area (Å²) >= 11 is 0. The van der Waals surface area contributed by atoms with Gasteiger partial charge in [0.1, 0.15) is 5.76 Å². The Morgan fingerprint density at radius 1 is 0.759 bits per heavy atom. The highest BCUT2D eigenvalue weighted by molar-refractivity contribution is 6.52. The van der Waals surface area contributed by atoms with Crippen LogP contribution in [-0.4, -0.2) is 16.7 Å². The first-order chi connectivity index (χ1) is 14.1. The van der Waals surface area contributed by atoms with Crippen molar-refractivity contribution in [2.45, 2.75) is 63.7 Å². The summed E-state index contributed by atoms with van der Waals surface area (Å²) in [6, 6.07) is 15.7. The number of hydrogen-bond acceptors (Lipinski definition) is 3. The molecule has 0 spiro atoms. The predicted molar refractivity (Wildman–Crippen MR) is 115 cm³/mol. The average Bonchev–Trinajstić information content (AvgIpc) is 3.05. The molecule has 0 saturated heterocycles. The normalized spacial score (nSPS) is 17.9. The summed E-state index contributed by atoms with van der Waals surface area (Å²) in [5, 5.41) is 10.5. The third kappa shape index (κ3) is 4.19. The number of hydrogen-bond donors (Lipinski definition) is 1. The molecule has 0 amide bonds. The Hall–Kier alpha value is -2.68. The third-order valence-electron chi connectivity index (χ3n) is 6.39. The van der Waals surface area contributed by atoms with E-state index in [9.17, 15) is 14.7 Å². The third-order valence-corrected chi connectivity index (χ3v) is 6.39. The van der Waals surface area contributed by atoms with E-state index >= 15 is 0 Å². The molecule has 3 heteroatoms. The molecule has 0 unspecified atom stereocenters. The van der Waals surface area contributed by atoms with Crippen molar-refractivity contribution in [1.82, 2.24) is 0 Å². The van der Waals surface area contributed by atoms with Gasteiger partial charge in [0.25, 0.3) is 0 Å². The number of aliphatic hydroxyl groups is 1. The van der Waals surface area contributed by atoms with E-state index in [1.165, 1.54) is 49.7 Å². The highest BCUT2D eigenvalue weighted by atomic mass is 16.3. The molecule has 0 bridgehead atoms. The topological polar surface area (TPSA) is 54.4 Å². The molecule has 2 aliphatic carbocycles. The van der Waals surface area contributed by atoms with Crippen molar-refractivity contribution < 1.29 is 14.7 Å². The van der Waals surface area contributed by atoms with Crippen molar-refractivity contribution in [3.05, 3.63) is 76.4 Å². The summed E-state index contributed by atoms with van der Waals surface area (Å²) in [7, 11) is 0. The molecule has 1 saturated carbocycles. The second kappa shape index (κ2) is 8.77. The molecular weight excluding hydrogens is 360 g/mol. The fourth-order valence-corrected chi connectivity index (χ4v) is 4.69. The quantitative estimate of drug-likeness (QED) is 0.491. The Morgan fingerprint density at radius 2 is 1.41 bits per heavy atom. The maximum atomic E-state index is 12.4. The Morgan fingerprint density at radius 3 is 2.10 bits per heavy atom. The second-order valence-electron chi connectivity index (χ2n) is 8.31. The zero-order chi connectivity index (χ0) is 20.2. The molecule has 0 aliphatic heterocycles. The molecule has 150 valence electrons. The molecule has 2 aliphatic rings. The molecule has 0 atom stereocenters. The van der Waals surface area contributed by atoms with E-state index in [0.717, 1.165) is 12.8 Å². The number of carbonyl (C=O) groups is 2. The van der Waals surface area contributed by atoms with Crippen LogP contribution in [0.1, 0.15) is 84.3 Å². The maximum Gasteiger partial charge on any atom is 0.234 e. The van der Waals surface area contributed by atoms with Gasteiger partial charge in [0.05, 0.1) is 0 Å². The van der Waals surface area contributed by atoms with Gasteiger partial charge < -0.3 is 5.11 Å². The van der Waals surface area contributed by atoms with E-state index in [1.807, 2.05) is 0 Å². The van der Waals surface area contributed by atoms with Crippen LogP contribution in [0.5, 0.6) is 0 Å².